The van der Waals surface area contributed by atoms with Gasteiger partial charge in [-0.2, -0.15) is 0 Å². The molecule has 2 heterocycles. The van der Waals surface area contributed by atoms with Gasteiger partial charge >= 0.3 is 0 Å². The van der Waals surface area contributed by atoms with Gasteiger partial charge in [-0.25, -0.2) is 0 Å². The normalized spacial score (nSPS) is 27.4. The van der Waals surface area contributed by atoms with Crippen LogP contribution in [0.5, 0.6) is 0 Å². The van der Waals surface area contributed by atoms with Crippen LogP contribution in [0, 0.1) is 0 Å². The van der Waals surface area contributed by atoms with Crippen molar-refractivity contribution in [2.75, 3.05) is 19.8 Å². The zero-order chi connectivity index (χ0) is 19.4. The van der Waals surface area contributed by atoms with E-state index in [0.717, 1.165) is 25.7 Å². The van der Waals surface area contributed by atoms with Crippen LogP contribution in [0.1, 0.15) is 46.4 Å². The summed E-state index contributed by atoms with van der Waals surface area (Å²) in [6.07, 6.45) is 1.56. The predicted molar refractivity (Wildman–Crippen MR) is 100 cm³/mol. The number of fused-ring (bicyclic) bond motifs is 1. The van der Waals surface area contributed by atoms with Crippen LogP contribution < -0.4 is 0 Å². The Hall–Kier alpha value is -1.74. The molecule has 3 rings (SSSR count). The molecule has 146 valence electrons. The molecular weight excluding hydrogens is 349 g/mol. The Morgan fingerprint density at radius 1 is 1.07 bits per heavy atom. The smallest absolute Gasteiger partial charge is 0.261 e. The lowest BCUT2D eigenvalue weighted by Crippen LogP contribution is -2.36. The van der Waals surface area contributed by atoms with E-state index in [1.54, 1.807) is 24.3 Å². The molecule has 1 saturated heterocycles. The summed E-state index contributed by atoms with van der Waals surface area (Å²) in [6.45, 7) is 0.710. The van der Waals surface area contributed by atoms with Crippen molar-refractivity contribution in [2.24, 2.45) is 0 Å². The molecule has 2 aliphatic heterocycles. The van der Waals surface area contributed by atoms with E-state index in [1.165, 1.54) is 4.90 Å². The van der Waals surface area contributed by atoms with Gasteiger partial charge < -0.3 is 19.7 Å². The highest BCUT2D eigenvalue weighted by molar-refractivity contribution is 6.21. The molecule has 8 heteroatoms. The highest BCUT2D eigenvalue weighted by atomic mass is 16.6. The third-order valence-corrected chi connectivity index (χ3v) is 5.21. The molecular formula is C19H26BNO6. The molecule has 1 aromatic carbocycles. The van der Waals surface area contributed by atoms with Crippen LogP contribution in [0.15, 0.2) is 24.3 Å². The molecule has 1 fully saturated rings. The highest BCUT2D eigenvalue weighted by Crippen LogP contribution is 2.24. The van der Waals surface area contributed by atoms with Crippen LogP contribution in [0.2, 0.25) is 0 Å². The highest BCUT2D eigenvalue weighted by Gasteiger charge is 2.41. The predicted octanol–water partition coefficient (Wildman–Crippen LogP) is -0.0606. The maximum Gasteiger partial charge on any atom is 0.261 e. The number of imide groups is 1. The minimum absolute atomic E-state index is 0.207. The monoisotopic (exact) mass is 375 g/mol. The summed E-state index contributed by atoms with van der Waals surface area (Å²) in [5, 5.41) is 19.2. The number of hydrogen-bond donors (Lipinski definition) is 2. The van der Waals surface area contributed by atoms with Crippen molar-refractivity contribution >= 4 is 19.7 Å². The lowest BCUT2D eigenvalue weighted by molar-refractivity contribution is -0.0295. The number of aliphatic hydroxyl groups excluding tert-OH is 2. The minimum atomic E-state index is -0.807. The van der Waals surface area contributed by atoms with Gasteiger partial charge in [0.25, 0.3) is 11.8 Å². The van der Waals surface area contributed by atoms with Crippen LogP contribution in [0.4, 0.5) is 0 Å². The molecule has 1 unspecified atom stereocenters. The fourth-order valence-electron chi connectivity index (χ4n) is 3.70. The van der Waals surface area contributed by atoms with Gasteiger partial charge in [-0.3, -0.25) is 14.5 Å². The molecule has 0 bridgehead atoms. The Morgan fingerprint density at radius 3 is 2.30 bits per heavy atom. The largest absolute Gasteiger partial charge is 0.394 e. The van der Waals surface area contributed by atoms with Gasteiger partial charge in [0.15, 0.2) is 0 Å². The number of benzene rings is 1. The Labute approximate surface area is 159 Å². The van der Waals surface area contributed by atoms with Gasteiger partial charge in [0.1, 0.15) is 26.2 Å². The van der Waals surface area contributed by atoms with Crippen LogP contribution >= 0.6 is 0 Å². The Morgan fingerprint density at radius 2 is 1.70 bits per heavy atom. The fraction of sp³-hybridized carbons (Fsp3) is 0.579. The number of aliphatic hydroxyl groups is 2. The topological polar surface area (TPSA) is 96.3 Å². The number of ether oxygens (including phenoxy) is 2. The van der Waals surface area contributed by atoms with Crippen molar-refractivity contribution in [1.29, 1.82) is 0 Å². The van der Waals surface area contributed by atoms with Crippen molar-refractivity contribution in [3.63, 3.8) is 0 Å². The van der Waals surface area contributed by atoms with E-state index >= 15 is 0 Å². The molecule has 0 aliphatic carbocycles. The van der Waals surface area contributed by atoms with E-state index in [0.29, 0.717) is 24.3 Å². The van der Waals surface area contributed by atoms with Gasteiger partial charge in [0, 0.05) is 13.2 Å². The molecule has 2 aliphatic rings. The molecule has 0 saturated carbocycles. The summed E-state index contributed by atoms with van der Waals surface area (Å²) in [4.78, 5) is 25.9. The average Bonchev–Trinajstić information content (AvgIpc) is 3.09. The average molecular weight is 375 g/mol. The number of amides is 2. The summed E-state index contributed by atoms with van der Waals surface area (Å²) in [6, 6.07) is 6.67. The van der Waals surface area contributed by atoms with Crippen LogP contribution in [0.25, 0.3) is 0 Å². The zero-order valence-electron chi connectivity index (χ0n) is 15.5. The van der Waals surface area contributed by atoms with Crippen molar-refractivity contribution in [3.05, 3.63) is 35.4 Å². The Bertz CT molecular complexity index is 649. The summed E-state index contributed by atoms with van der Waals surface area (Å²) in [7, 11) is 1.83. The van der Waals surface area contributed by atoms with E-state index in [2.05, 4.69) is 0 Å². The Kier molecular flexibility index (Phi) is 6.65. The van der Waals surface area contributed by atoms with Crippen molar-refractivity contribution in [1.82, 2.24) is 4.90 Å². The number of nitrogens with zero attached hydrogens (tertiary/aromatic N) is 1. The van der Waals surface area contributed by atoms with Gasteiger partial charge in [-0.15, -0.1) is 0 Å². The number of hydrogen-bond acceptors (Lipinski definition) is 6. The zero-order valence-corrected chi connectivity index (χ0v) is 15.5. The quantitative estimate of drug-likeness (QED) is 0.357. The standard InChI is InChI=1S/C19H26BNO6/c20-17-16(15(23)14(11-22)27-17)26-10-6-2-1-5-9-21-18(24)12-7-3-4-8-13(12)19(21)25/h3-4,7-8,14-17,22-23H,1-2,5-6,9-11,20H2/t14-,15?,16+,17-/m1/s1. The molecule has 0 spiro atoms. The van der Waals surface area contributed by atoms with E-state index in [-0.39, 0.29) is 24.4 Å². The molecule has 2 N–H and O–H groups in total. The first-order chi connectivity index (χ1) is 13.0. The van der Waals surface area contributed by atoms with Crippen LogP contribution in [0.3, 0.4) is 0 Å². The maximum atomic E-state index is 12.3. The Balaban J connectivity index is 1.32. The van der Waals surface area contributed by atoms with E-state index in [4.69, 9.17) is 14.6 Å². The third kappa shape index (κ3) is 4.24. The molecule has 0 aromatic heterocycles. The van der Waals surface area contributed by atoms with Crippen molar-refractivity contribution in [3.8, 4) is 0 Å². The minimum Gasteiger partial charge on any atom is -0.394 e. The molecule has 2 amide bonds. The molecule has 1 aromatic rings. The first-order valence-corrected chi connectivity index (χ1v) is 9.55. The second-order valence-corrected chi connectivity index (χ2v) is 7.11. The van der Waals surface area contributed by atoms with Crippen LogP contribution in [-0.2, 0) is 9.47 Å². The SMILES string of the molecule is B[C@@H]1O[C@H](CO)C(O)[C@@H]1OCCCCCCN1C(=O)c2ccccc2C1=O. The number of unbranched alkanes of at least 4 members (excludes halogenated alkanes) is 3. The summed E-state index contributed by atoms with van der Waals surface area (Å²) in [5.41, 5.74) is 0.979. The molecule has 0 radical (unpaired) electrons. The van der Waals surface area contributed by atoms with Gasteiger partial charge in [0.2, 0.25) is 0 Å². The molecule has 7 nitrogen and oxygen atoms in total. The first kappa shape index (κ1) is 20.0. The summed E-state index contributed by atoms with van der Waals surface area (Å²) < 4.78 is 11.2. The molecule has 27 heavy (non-hydrogen) atoms. The van der Waals surface area contributed by atoms with E-state index in [1.807, 2.05) is 7.85 Å². The fourth-order valence-corrected chi connectivity index (χ4v) is 3.70. The van der Waals surface area contributed by atoms with E-state index < -0.39 is 18.3 Å². The lowest BCUT2D eigenvalue weighted by Gasteiger charge is -2.18. The summed E-state index contributed by atoms with van der Waals surface area (Å²) in [5.74, 6) is -0.414. The van der Waals surface area contributed by atoms with Crippen molar-refractivity contribution in [2.45, 2.75) is 50.0 Å². The van der Waals surface area contributed by atoms with Gasteiger partial charge in [-0.1, -0.05) is 25.0 Å². The lowest BCUT2D eigenvalue weighted by atomic mass is 9.93. The number of carbonyl (C=O) groups is 2. The number of carbonyl (C=O) groups excluding carboxylic acids is 2. The van der Waals surface area contributed by atoms with Gasteiger partial charge in [0.05, 0.1) is 23.7 Å². The second kappa shape index (κ2) is 8.97. The summed E-state index contributed by atoms with van der Waals surface area (Å²) >= 11 is 0. The maximum absolute atomic E-state index is 12.3. The van der Waals surface area contributed by atoms with Crippen LogP contribution in [-0.4, -0.2) is 78.8 Å². The van der Waals surface area contributed by atoms with Gasteiger partial charge in [-0.05, 0) is 25.0 Å². The number of rotatable bonds is 9. The van der Waals surface area contributed by atoms with Crippen molar-refractivity contribution < 1.29 is 29.3 Å². The second-order valence-electron chi connectivity index (χ2n) is 7.11. The first-order valence-electron chi connectivity index (χ1n) is 9.55. The van der Waals surface area contributed by atoms with E-state index in [9.17, 15) is 14.7 Å². The third-order valence-electron chi connectivity index (χ3n) is 5.21. The molecule has 4 atom stereocenters.